The molecule has 0 aromatic rings. The van der Waals surface area contributed by atoms with E-state index in [4.69, 9.17) is 9.47 Å². The molecule has 0 bridgehead atoms. The van der Waals surface area contributed by atoms with Crippen LogP contribution in [-0.2, 0) is 14.3 Å². The van der Waals surface area contributed by atoms with E-state index in [1.807, 2.05) is 13.0 Å². The Hall–Kier alpha value is -1.67. The summed E-state index contributed by atoms with van der Waals surface area (Å²) in [6, 6.07) is 2.08. The van der Waals surface area contributed by atoms with Gasteiger partial charge in [0.05, 0.1) is 25.3 Å². The van der Waals surface area contributed by atoms with E-state index in [0.29, 0.717) is 13.2 Å². The fourth-order valence-corrected chi connectivity index (χ4v) is 2.76. The molecule has 1 fully saturated rings. The van der Waals surface area contributed by atoms with E-state index in [2.05, 4.69) is 11.1 Å². The van der Waals surface area contributed by atoms with Crippen LogP contribution in [0, 0.1) is 17.2 Å². The molecule has 2 aliphatic rings. The Morgan fingerprint density at radius 2 is 2.41 bits per heavy atom. The molecule has 0 amide bonds. The molecule has 5 heteroatoms. The number of ether oxygens (including phenoxy) is 2. The zero-order valence-electron chi connectivity index (χ0n) is 13.2. The summed E-state index contributed by atoms with van der Waals surface area (Å²) in [6.45, 7) is 3.81. The first-order chi connectivity index (χ1) is 10.7. The second kappa shape index (κ2) is 8.70. The van der Waals surface area contributed by atoms with Crippen molar-refractivity contribution in [2.45, 2.75) is 51.6 Å². The second-order valence-electron chi connectivity index (χ2n) is 5.77. The highest BCUT2D eigenvalue weighted by Crippen LogP contribution is 2.24. The molecule has 1 heterocycles. The van der Waals surface area contributed by atoms with Crippen molar-refractivity contribution in [2.75, 3.05) is 19.8 Å². The zero-order chi connectivity index (χ0) is 15.8. The maximum atomic E-state index is 12.0. The number of carbonyl (C=O) groups excluding carboxylic acids is 1. The summed E-state index contributed by atoms with van der Waals surface area (Å²) >= 11 is 0. The molecule has 1 aliphatic heterocycles. The highest BCUT2D eigenvalue weighted by Gasteiger charge is 2.26. The Morgan fingerprint density at radius 3 is 3.09 bits per heavy atom. The lowest BCUT2D eigenvalue weighted by atomic mass is 9.89. The van der Waals surface area contributed by atoms with E-state index in [9.17, 15) is 10.1 Å². The first kappa shape index (κ1) is 16.7. The van der Waals surface area contributed by atoms with E-state index < -0.39 is 11.9 Å². The Labute approximate surface area is 132 Å². The summed E-state index contributed by atoms with van der Waals surface area (Å²) < 4.78 is 10.7. The molecular weight excluding hydrogens is 280 g/mol. The molecule has 22 heavy (non-hydrogen) atoms. The van der Waals surface area contributed by atoms with Gasteiger partial charge in [-0.05, 0) is 50.2 Å². The van der Waals surface area contributed by atoms with Crippen LogP contribution < -0.4 is 0 Å². The molecular formula is C17H24N2O3. The zero-order valence-corrected chi connectivity index (χ0v) is 13.2. The van der Waals surface area contributed by atoms with E-state index in [-0.39, 0.29) is 6.10 Å². The van der Waals surface area contributed by atoms with Crippen LogP contribution >= 0.6 is 0 Å². The minimum Gasteiger partial charge on any atom is -0.464 e. The number of nitrogens with zero attached hydrogens (tertiary/aromatic N) is 2. The van der Waals surface area contributed by atoms with Crippen molar-refractivity contribution in [3.05, 3.63) is 11.6 Å². The summed E-state index contributed by atoms with van der Waals surface area (Å²) in [4.78, 5) is 16.6. The number of esters is 1. The van der Waals surface area contributed by atoms with Crippen molar-refractivity contribution in [1.29, 1.82) is 5.26 Å². The molecule has 0 aromatic heterocycles. The minimum atomic E-state index is -0.792. The van der Waals surface area contributed by atoms with Gasteiger partial charge in [-0.25, -0.2) is 0 Å². The molecule has 120 valence electrons. The van der Waals surface area contributed by atoms with E-state index in [0.717, 1.165) is 56.4 Å². The third-order valence-corrected chi connectivity index (χ3v) is 3.96. The van der Waals surface area contributed by atoms with Crippen LogP contribution in [0.4, 0.5) is 0 Å². The minimum absolute atomic E-state index is 0.229. The van der Waals surface area contributed by atoms with Gasteiger partial charge in [0.1, 0.15) is 0 Å². The van der Waals surface area contributed by atoms with Gasteiger partial charge >= 0.3 is 5.97 Å². The quantitative estimate of drug-likeness (QED) is 0.707. The van der Waals surface area contributed by atoms with Crippen LogP contribution in [0.2, 0.25) is 0 Å². The smallest absolute Gasteiger partial charge is 0.327 e. The van der Waals surface area contributed by atoms with E-state index in [1.54, 1.807) is 0 Å². The lowest BCUT2D eigenvalue weighted by Crippen LogP contribution is -2.21. The van der Waals surface area contributed by atoms with Crippen LogP contribution in [0.5, 0.6) is 0 Å². The second-order valence-corrected chi connectivity index (χ2v) is 5.77. The lowest BCUT2D eigenvalue weighted by Gasteiger charge is -2.18. The van der Waals surface area contributed by atoms with Gasteiger partial charge in [-0.15, -0.1) is 0 Å². The third-order valence-electron chi connectivity index (χ3n) is 3.96. The molecule has 0 N–H and O–H groups in total. The van der Waals surface area contributed by atoms with Crippen LogP contribution in [0.25, 0.3) is 0 Å². The largest absolute Gasteiger partial charge is 0.464 e. The number of nitriles is 1. The highest BCUT2D eigenvalue weighted by atomic mass is 16.5. The Kier molecular flexibility index (Phi) is 6.60. The highest BCUT2D eigenvalue weighted by molar-refractivity contribution is 5.97. The fourth-order valence-electron chi connectivity index (χ4n) is 2.76. The predicted molar refractivity (Wildman–Crippen MR) is 83.6 cm³/mol. The molecule has 2 rings (SSSR count). The maximum absolute atomic E-state index is 12.0. The fraction of sp³-hybridized carbons (Fsp3) is 0.706. The van der Waals surface area contributed by atoms with Gasteiger partial charge in [0.2, 0.25) is 0 Å². The lowest BCUT2D eigenvalue weighted by molar-refractivity contribution is -0.145. The normalized spacial score (nSPS) is 24.6. The third kappa shape index (κ3) is 4.67. The van der Waals surface area contributed by atoms with Crippen molar-refractivity contribution in [1.82, 2.24) is 0 Å². The topological polar surface area (TPSA) is 71.7 Å². The molecule has 2 unspecified atom stereocenters. The number of rotatable bonds is 6. The van der Waals surface area contributed by atoms with Gasteiger partial charge in [-0.3, -0.25) is 9.79 Å². The Morgan fingerprint density at radius 1 is 1.55 bits per heavy atom. The maximum Gasteiger partial charge on any atom is 0.327 e. The van der Waals surface area contributed by atoms with Crippen LogP contribution in [0.15, 0.2) is 16.6 Å². The summed E-state index contributed by atoms with van der Waals surface area (Å²) in [5, 5.41) is 9.29. The van der Waals surface area contributed by atoms with E-state index >= 15 is 0 Å². The molecule has 2 atom stereocenters. The standard InChI is InChI=1S/C17H24N2O3/c1-2-8-22-17(20)16(11-18)13-5-3-6-14(10-13)19-12-15-7-4-9-21-15/h10,15-16H,2-9,12H2,1H3. The molecule has 0 saturated carbocycles. The van der Waals surface area contributed by atoms with Crippen LogP contribution in [0.3, 0.4) is 0 Å². The van der Waals surface area contributed by atoms with E-state index in [1.165, 1.54) is 0 Å². The number of hydrogen-bond acceptors (Lipinski definition) is 5. The van der Waals surface area contributed by atoms with Crippen molar-refractivity contribution >= 4 is 11.7 Å². The molecule has 0 radical (unpaired) electrons. The first-order valence-corrected chi connectivity index (χ1v) is 8.16. The SMILES string of the molecule is CCCOC(=O)C(C#N)C1=CC(=NCC2CCCO2)CCC1. The molecule has 1 aliphatic carbocycles. The van der Waals surface area contributed by atoms with Gasteiger partial charge in [0.15, 0.2) is 5.92 Å². The van der Waals surface area contributed by atoms with Crippen LogP contribution in [-0.4, -0.2) is 37.5 Å². The van der Waals surface area contributed by atoms with Crippen molar-refractivity contribution in [2.24, 2.45) is 10.9 Å². The van der Waals surface area contributed by atoms with Crippen LogP contribution in [0.1, 0.15) is 45.4 Å². The van der Waals surface area contributed by atoms with Gasteiger partial charge < -0.3 is 9.47 Å². The number of allylic oxidation sites excluding steroid dienone is 1. The van der Waals surface area contributed by atoms with Crippen molar-refractivity contribution in [3.8, 4) is 6.07 Å². The number of hydrogen-bond donors (Lipinski definition) is 0. The Bertz CT molecular complexity index is 485. The van der Waals surface area contributed by atoms with Crippen molar-refractivity contribution < 1.29 is 14.3 Å². The molecule has 0 aromatic carbocycles. The van der Waals surface area contributed by atoms with Gasteiger partial charge in [-0.1, -0.05) is 6.92 Å². The average Bonchev–Trinajstić information content (AvgIpc) is 3.05. The molecule has 1 saturated heterocycles. The summed E-state index contributed by atoms with van der Waals surface area (Å²) in [6.07, 6.45) is 7.67. The summed E-state index contributed by atoms with van der Waals surface area (Å²) in [5.74, 6) is -1.23. The van der Waals surface area contributed by atoms with Gasteiger partial charge in [0.25, 0.3) is 0 Å². The van der Waals surface area contributed by atoms with Gasteiger partial charge in [0, 0.05) is 12.3 Å². The number of aliphatic imine (C=N–C) groups is 1. The summed E-state index contributed by atoms with van der Waals surface area (Å²) in [5.41, 5.74) is 1.81. The first-order valence-electron chi connectivity index (χ1n) is 8.16. The number of carbonyl (C=O) groups is 1. The molecule has 0 spiro atoms. The summed E-state index contributed by atoms with van der Waals surface area (Å²) in [7, 11) is 0. The average molecular weight is 304 g/mol. The monoisotopic (exact) mass is 304 g/mol. The van der Waals surface area contributed by atoms with Gasteiger partial charge in [-0.2, -0.15) is 5.26 Å². The van der Waals surface area contributed by atoms with Crippen molar-refractivity contribution in [3.63, 3.8) is 0 Å². The predicted octanol–water partition coefficient (Wildman–Crippen LogP) is 2.81. The molecule has 5 nitrogen and oxygen atoms in total. The Balaban J connectivity index is 2.00.